The predicted octanol–water partition coefficient (Wildman–Crippen LogP) is 3.80. The summed E-state index contributed by atoms with van der Waals surface area (Å²) in [5.74, 6) is -1.01. The van der Waals surface area contributed by atoms with Gasteiger partial charge >= 0.3 is 18.8 Å². The Morgan fingerprint density at radius 3 is 2.48 bits per heavy atom. The third-order valence-electron chi connectivity index (χ3n) is 2.51. The maximum absolute atomic E-state index is 12.6. The van der Waals surface area contributed by atoms with Crippen LogP contribution in [0.5, 0.6) is 5.75 Å². The molecule has 0 bridgehead atoms. The smallest absolute Gasteiger partial charge is 0.416 e. The highest BCUT2D eigenvalue weighted by molar-refractivity contribution is 5.69. The quantitative estimate of drug-likeness (QED) is 0.592. The van der Waals surface area contributed by atoms with Crippen LogP contribution in [0, 0.1) is 0 Å². The summed E-state index contributed by atoms with van der Waals surface area (Å²) in [6.07, 6.45) is -5.03. The topological polar surface area (TPSA) is 35.5 Å². The molecule has 1 aromatic rings. The predicted molar refractivity (Wildman–Crippen MR) is 63.0 cm³/mol. The van der Waals surface area contributed by atoms with Crippen LogP contribution in [0.25, 0.3) is 0 Å². The Bertz CT molecular complexity index is 485. The van der Waals surface area contributed by atoms with Gasteiger partial charge in [0.25, 0.3) is 0 Å². The van der Waals surface area contributed by atoms with Gasteiger partial charge in [-0.1, -0.05) is 0 Å². The zero-order valence-corrected chi connectivity index (χ0v) is 11.0. The number of aryl methyl sites for hydroxylation is 1. The SMILES string of the molecule is CCOC(=O)CCc1cc(C(F)(F)F)ccc1OC(F)F. The molecule has 1 rings (SSSR count). The number of carbonyl (C=O) groups excluding carboxylic acids is 1. The summed E-state index contributed by atoms with van der Waals surface area (Å²) >= 11 is 0. The second-order valence-corrected chi connectivity index (χ2v) is 4.00. The minimum atomic E-state index is -4.61. The van der Waals surface area contributed by atoms with Crippen LogP contribution >= 0.6 is 0 Å². The number of ether oxygens (including phenoxy) is 2. The van der Waals surface area contributed by atoms with Crippen LogP contribution in [0.3, 0.4) is 0 Å². The molecule has 0 saturated carbocycles. The summed E-state index contributed by atoms with van der Waals surface area (Å²) in [6.45, 7) is -1.46. The van der Waals surface area contributed by atoms with E-state index >= 15 is 0 Å². The van der Waals surface area contributed by atoms with Gasteiger partial charge in [-0.15, -0.1) is 0 Å². The molecule has 0 spiro atoms. The number of hydrogen-bond acceptors (Lipinski definition) is 3. The molecular weight excluding hydrogens is 299 g/mol. The van der Waals surface area contributed by atoms with Gasteiger partial charge in [-0.05, 0) is 37.1 Å². The Balaban J connectivity index is 2.96. The van der Waals surface area contributed by atoms with E-state index < -0.39 is 24.3 Å². The maximum Gasteiger partial charge on any atom is 0.416 e. The minimum absolute atomic E-state index is 0.127. The van der Waals surface area contributed by atoms with E-state index in [9.17, 15) is 26.7 Å². The van der Waals surface area contributed by atoms with Crippen molar-refractivity contribution in [3.63, 3.8) is 0 Å². The molecule has 0 N–H and O–H groups in total. The molecule has 0 fully saturated rings. The van der Waals surface area contributed by atoms with Gasteiger partial charge in [-0.2, -0.15) is 22.0 Å². The van der Waals surface area contributed by atoms with Crippen LogP contribution in [-0.4, -0.2) is 19.2 Å². The fraction of sp³-hybridized carbons (Fsp3) is 0.462. The van der Waals surface area contributed by atoms with Gasteiger partial charge < -0.3 is 9.47 Å². The Kier molecular flexibility index (Phi) is 5.92. The van der Waals surface area contributed by atoms with Crippen molar-refractivity contribution in [3.05, 3.63) is 29.3 Å². The molecule has 0 radical (unpaired) electrons. The summed E-state index contributed by atoms with van der Waals surface area (Å²) in [7, 11) is 0. The maximum atomic E-state index is 12.6. The molecule has 0 atom stereocenters. The molecule has 0 aliphatic rings. The molecule has 0 heterocycles. The van der Waals surface area contributed by atoms with Crippen LogP contribution in [0.2, 0.25) is 0 Å². The fourth-order valence-electron chi connectivity index (χ4n) is 1.63. The normalized spacial score (nSPS) is 11.6. The lowest BCUT2D eigenvalue weighted by atomic mass is 10.0. The highest BCUT2D eigenvalue weighted by Gasteiger charge is 2.31. The van der Waals surface area contributed by atoms with Gasteiger partial charge in [0.1, 0.15) is 5.75 Å². The van der Waals surface area contributed by atoms with Crippen LogP contribution in [0.15, 0.2) is 18.2 Å². The second kappa shape index (κ2) is 7.24. The summed E-state index contributed by atoms with van der Waals surface area (Å²) in [5.41, 5.74) is -1.12. The highest BCUT2D eigenvalue weighted by atomic mass is 19.4. The van der Waals surface area contributed by atoms with E-state index in [4.69, 9.17) is 0 Å². The average Bonchev–Trinajstić information content (AvgIpc) is 2.36. The van der Waals surface area contributed by atoms with Crippen LogP contribution in [0.4, 0.5) is 22.0 Å². The third kappa shape index (κ3) is 5.57. The summed E-state index contributed by atoms with van der Waals surface area (Å²) < 4.78 is 71.0. The van der Waals surface area contributed by atoms with E-state index in [2.05, 4.69) is 9.47 Å². The first-order valence-electron chi connectivity index (χ1n) is 6.04. The lowest BCUT2D eigenvalue weighted by Gasteiger charge is -2.14. The van der Waals surface area contributed by atoms with Crippen molar-refractivity contribution >= 4 is 5.97 Å². The van der Waals surface area contributed by atoms with E-state index in [1.54, 1.807) is 6.92 Å². The first kappa shape index (κ1) is 17.2. The molecule has 118 valence electrons. The van der Waals surface area contributed by atoms with E-state index in [1.165, 1.54) is 0 Å². The molecule has 0 amide bonds. The van der Waals surface area contributed by atoms with E-state index in [0.29, 0.717) is 12.1 Å². The zero-order chi connectivity index (χ0) is 16.0. The van der Waals surface area contributed by atoms with Gasteiger partial charge in [-0.25, -0.2) is 0 Å². The molecule has 21 heavy (non-hydrogen) atoms. The molecule has 0 aliphatic carbocycles. The Morgan fingerprint density at radius 2 is 1.95 bits per heavy atom. The van der Waals surface area contributed by atoms with Crippen LogP contribution in [0.1, 0.15) is 24.5 Å². The number of hydrogen-bond donors (Lipinski definition) is 0. The van der Waals surface area contributed by atoms with E-state index in [0.717, 1.165) is 6.07 Å². The molecule has 1 aromatic carbocycles. The highest BCUT2D eigenvalue weighted by Crippen LogP contribution is 2.33. The number of halogens is 5. The Morgan fingerprint density at radius 1 is 1.29 bits per heavy atom. The summed E-state index contributed by atoms with van der Waals surface area (Å²) in [6, 6.07) is 2.15. The van der Waals surface area contributed by atoms with Crippen molar-refractivity contribution in [2.24, 2.45) is 0 Å². The number of alkyl halides is 5. The average molecular weight is 312 g/mol. The first-order valence-corrected chi connectivity index (χ1v) is 6.04. The lowest BCUT2D eigenvalue weighted by Crippen LogP contribution is -2.11. The number of carbonyl (C=O) groups is 1. The zero-order valence-electron chi connectivity index (χ0n) is 11.0. The van der Waals surface area contributed by atoms with Crippen molar-refractivity contribution in [2.75, 3.05) is 6.61 Å². The summed E-state index contributed by atoms with van der Waals surface area (Å²) in [4.78, 5) is 11.2. The van der Waals surface area contributed by atoms with Crippen LogP contribution in [-0.2, 0) is 22.1 Å². The molecule has 0 aromatic heterocycles. The van der Waals surface area contributed by atoms with Gasteiger partial charge in [0.15, 0.2) is 0 Å². The molecule has 0 aliphatic heterocycles. The summed E-state index contributed by atoms with van der Waals surface area (Å²) in [5, 5.41) is 0. The van der Waals surface area contributed by atoms with E-state index in [-0.39, 0.29) is 30.8 Å². The minimum Gasteiger partial charge on any atom is -0.466 e. The second-order valence-electron chi connectivity index (χ2n) is 4.00. The lowest BCUT2D eigenvalue weighted by molar-refractivity contribution is -0.143. The molecular formula is C13H13F5O3. The third-order valence-corrected chi connectivity index (χ3v) is 2.51. The van der Waals surface area contributed by atoms with E-state index in [1.807, 2.05) is 0 Å². The molecule has 0 unspecified atom stereocenters. The van der Waals surface area contributed by atoms with Gasteiger partial charge in [0.2, 0.25) is 0 Å². The van der Waals surface area contributed by atoms with Gasteiger partial charge in [-0.3, -0.25) is 4.79 Å². The largest absolute Gasteiger partial charge is 0.466 e. The van der Waals surface area contributed by atoms with Crippen LogP contribution < -0.4 is 4.74 Å². The van der Waals surface area contributed by atoms with Gasteiger partial charge in [0, 0.05) is 6.42 Å². The fourth-order valence-corrected chi connectivity index (χ4v) is 1.63. The molecule has 3 nitrogen and oxygen atoms in total. The number of esters is 1. The van der Waals surface area contributed by atoms with Crippen molar-refractivity contribution in [3.8, 4) is 5.75 Å². The van der Waals surface area contributed by atoms with Crippen molar-refractivity contribution < 1.29 is 36.2 Å². The van der Waals surface area contributed by atoms with Gasteiger partial charge in [0.05, 0.1) is 12.2 Å². The van der Waals surface area contributed by atoms with Crippen molar-refractivity contribution in [2.45, 2.75) is 32.6 Å². The number of benzene rings is 1. The van der Waals surface area contributed by atoms with Crippen molar-refractivity contribution in [1.29, 1.82) is 0 Å². The Hall–Kier alpha value is -1.86. The number of rotatable bonds is 6. The monoisotopic (exact) mass is 312 g/mol. The Labute approximate surface area is 117 Å². The standard InChI is InChI=1S/C13H13F5O3/c1-2-20-11(19)6-3-8-7-9(13(16,17)18)4-5-10(8)21-12(14)15/h4-5,7,12H,2-3,6H2,1H3. The molecule has 0 saturated heterocycles. The molecule has 8 heteroatoms. The first-order chi connectivity index (χ1) is 9.74. The van der Waals surface area contributed by atoms with Crippen molar-refractivity contribution in [1.82, 2.24) is 0 Å².